The first-order valence-corrected chi connectivity index (χ1v) is 8.96. The molecule has 0 bridgehead atoms. The number of carbonyl (C=O) groups excluding carboxylic acids is 1. The largest absolute Gasteiger partial charge is 0.497 e. The number of para-hydroxylation sites is 1. The van der Waals surface area contributed by atoms with Crippen LogP contribution in [0, 0.1) is 0 Å². The van der Waals surface area contributed by atoms with Crippen molar-refractivity contribution in [2.45, 2.75) is 6.92 Å². The summed E-state index contributed by atoms with van der Waals surface area (Å²) in [6, 6.07) is 14.1. The number of carbonyl (C=O) groups is 2. The summed E-state index contributed by atoms with van der Waals surface area (Å²) in [5.41, 5.74) is 2.29. The van der Waals surface area contributed by atoms with Crippen LogP contribution in [0.2, 0.25) is 0 Å². The van der Waals surface area contributed by atoms with Crippen LogP contribution in [-0.2, 0) is 4.79 Å². The molecule has 0 aliphatic carbocycles. The molecule has 0 saturated heterocycles. The summed E-state index contributed by atoms with van der Waals surface area (Å²) in [6.45, 7) is 1.86. The van der Waals surface area contributed by atoms with Gasteiger partial charge in [0.1, 0.15) is 5.75 Å². The summed E-state index contributed by atoms with van der Waals surface area (Å²) >= 11 is 1.23. The number of ether oxygens (including phenoxy) is 1. The predicted molar refractivity (Wildman–Crippen MR) is 107 cm³/mol. The van der Waals surface area contributed by atoms with E-state index in [1.807, 2.05) is 31.2 Å². The Labute approximate surface area is 161 Å². The minimum Gasteiger partial charge on any atom is -0.497 e. The summed E-state index contributed by atoms with van der Waals surface area (Å²) in [6.07, 6.45) is 0. The van der Waals surface area contributed by atoms with Crippen molar-refractivity contribution in [2.24, 2.45) is 4.99 Å². The number of methoxy groups -OCH3 is 1. The second kappa shape index (κ2) is 7.67. The highest BCUT2D eigenvalue weighted by Crippen LogP contribution is 2.36. The Bertz CT molecular complexity index is 981. The van der Waals surface area contributed by atoms with Gasteiger partial charge in [0.15, 0.2) is 5.17 Å². The number of aromatic carboxylic acids is 1. The molecule has 27 heavy (non-hydrogen) atoms. The number of nitrogens with zero attached hydrogens (tertiary/aromatic N) is 2. The Balaban J connectivity index is 1.92. The summed E-state index contributed by atoms with van der Waals surface area (Å²) in [7, 11) is 3.29. The van der Waals surface area contributed by atoms with Gasteiger partial charge in [-0.2, -0.15) is 4.99 Å². The van der Waals surface area contributed by atoms with Gasteiger partial charge in [-0.1, -0.05) is 24.3 Å². The van der Waals surface area contributed by atoms with Gasteiger partial charge in [-0.15, -0.1) is 0 Å². The van der Waals surface area contributed by atoms with E-state index in [1.54, 1.807) is 37.3 Å². The Morgan fingerprint density at radius 3 is 2.63 bits per heavy atom. The van der Waals surface area contributed by atoms with Gasteiger partial charge < -0.3 is 14.7 Å². The highest BCUT2D eigenvalue weighted by Gasteiger charge is 2.28. The van der Waals surface area contributed by atoms with Gasteiger partial charge >= 0.3 is 5.97 Å². The third-order valence-corrected chi connectivity index (χ3v) is 5.44. The number of rotatable bonds is 4. The van der Waals surface area contributed by atoms with E-state index < -0.39 is 5.97 Å². The number of allylic oxidation sites excluding steroid dienone is 1. The summed E-state index contributed by atoms with van der Waals surface area (Å²) < 4.78 is 5.24. The van der Waals surface area contributed by atoms with Crippen molar-refractivity contribution in [3.05, 3.63) is 64.6 Å². The molecule has 2 aromatic carbocycles. The maximum Gasteiger partial charge on any atom is 0.337 e. The van der Waals surface area contributed by atoms with E-state index in [1.165, 1.54) is 17.8 Å². The van der Waals surface area contributed by atoms with Crippen LogP contribution in [-0.4, -0.2) is 36.3 Å². The summed E-state index contributed by atoms with van der Waals surface area (Å²) in [4.78, 5) is 30.2. The fourth-order valence-corrected chi connectivity index (χ4v) is 3.66. The van der Waals surface area contributed by atoms with Crippen molar-refractivity contribution >= 4 is 40.1 Å². The quantitative estimate of drug-likeness (QED) is 0.808. The van der Waals surface area contributed by atoms with Crippen LogP contribution in [0.4, 0.5) is 5.69 Å². The Morgan fingerprint density at radius 1 is 1.19 bits per heavy atom. The van der Waals surface area contributed by atoms with Crippen LogP contribution in [0.25, 0.3) is 5.57 Å². The lowest BCUT2D eigenvalue weighted by Crippen LogP contribution is -2.24. The van der Waals surface area contributed by atoms with Crippen LogP contribution in [0.1, 0.15) is 22.8 Å². The fourth-order valence-electron chi connectivity index (χ4n) is 2.71. The number of carboxylic acid groups (broad SMARTS) is 1. The van der Waals surface area contributed by atoms with E-state index in [2.05, 4.69) is 4.99 Å². The predicted octanol–water partition coefficient (Wildman–Crippen LogP) is 3.89. The normalized spacial score (nSPS) is 15.4. The fraction of sp³-hybridized carbons (Fsp3) is 0.150. The highest BCUT2D eigenvalue weighted by molar-refractivity contribution is 8.18. The van der Waals surface area contributed by atoms with E-state index in [9.17, 15) is 14.7 Å². The number of thioether (sulfide) groups is 1. The van der Waals surface area contributed by atoms with Crippen molar-refractivity contribution in [3.63, 3.8) is 0 Å². The van der Waals surface area contributed by atoms with Gasteiger partial charge in [-0.25, -0.2) is 4.79 Å². The van der Waals surface area contributed by atoms with Crippen molar-refractivity contribution in [2.75, 3.05) is 19.1 Å². The molecule has 1 amide bonds. The van der Waals surface area contributed by atoms with Crippen molar-refractivity contribution in [3.8, 4) is 5.75 Å². The molecule has 1 aliphatic heterocycles. The maximum atomic E-state index is 12.5. The van der Waals surface area contributed by atoms with Crippen molar-refractivity contribution < 1.29 is 19.4 Å². The smallest absolute Gasteiger partial charge is 0.337 e. The molecule has 0 spiro atoms. The van der Waals surface area contributed by atoms with Crippen LogP contribution in [0.15, 0.2) is 58.4 Å². The molecule has 2 aromatic rings. The number of anilines is 1. The van der Waals surface area contributed by atoms with Crippen LogP contribution >= 0.6 is 11.8 Å². The summed E-state index contributed by atoms with van der Waals surface area (Å²) in [5.74, 6) is -0.665. The van der Waals surface area contributed by atoms with Gasteiger partial charge in [0.25, 0.3) is 5.91 Å². The third kappa shape index (κ3) is 3.73. The second-order valence-corrected chi connectivity index (χ2v) is 6.85. The number of hydrogen-bond acceptors (Lipinski definition) is 5. The molecule has 3 rings (SSSR count). The lowest BCUT2D eigenvalue weighted by Gasteiger charge is -2.19. The van der Waals surface area contributed by atoms with E-state index in [4.69, 9.17) is 4.74 Å². The zero-order valence-electron chi connectivity index (χ0n) is 15.1. The number of amides is 1. The topological polar surface area (TPSA) is 79.2 Å². The number of benzene rings is 2. The Morgan fingerprint density at radius 2 is 1.93 bits per heavy atom. The zero-order chi connectivity index (χ0) is 19.6. The van der Waals surface area contributed by atoms with E-state index in [-0.39, 0.29) is 11.5 Å². The van der Waals surface area contributed by atoms with Crippen molar-refractivity contribution in [1.29, 1.82) is 0 Å². The molecule has 0 atom stereocenters. The molecular weight excluding hydrogens is 364 g/mol. The van der Waals surface area contributed by atoms with Gasteiger partial charge in [-0.3, -0.25) is 4.79 Å². The number of hydrogen-bond donors (Lipinski definition) is 1. The van der Waals surface area contributed by atoms with Gasteiger partial charge in [0.2, 0.25) is 0 Å². The van der Waals surface area contributed by atoms with E-state index in [0.717, 1.165) is 11.1 Å². The third-order valence-electron chi connectivity index (χ3n) is 4.21. The molecule has 0 radical (unpaired) electrons. The first-order valence-electron chi connectivity index (χ1n) is 8.14. The SMILES string of the molecule is COc1cccc(/C(C)=C2\SC(N(C)c3ccccc3C(=O)O)=NC2=O)c1. The molecular formula is C20H18N2O4S. The molecule has 138 valence electrons. The van der Waals surface area contributed by atoms with Crippen LogP contribution < -0.4 is 9.64 Å². The minimum absolute atomic E-state index is 0.151. The van der Waals surface area contributed by atoms with E-state index in [0.29, 0.717) is 21.5 Å². The standard InChI is InChI=1S/C20H18N2O4S/c1-12(13-7-6-8-14(11-13)26-3)17-18(23)21-20(27-17)22(2)16-10-5-4-9-15(16)19(24)25/h4-11H,1-3H3,(H,24,25)/b17-12-. The van der Waals surface area contributed by atoms with Crippen LogP contribution in [0.3, 0.4) is 0 Å². The number of aliphatic imine (C=N–C) groups is 1. The van der Waals surface area contributed by atoms with Crippen LogP contribution in [0.5, 0.6) is 5.75 Å². The first kappa shape index (κ1) is 18.7. The van der Waals surface area contributed by atoms with Crippen molar-refractivity contribution in [1.82, 2.24) is 0 Å². The first-order chi connectivity index (χ1) is 12.9. The molecule has 1 N–H and O–H groups in total. The molecule has 1 aliphatic rings. The minimum atomic E-state index is -1.03. The van der Waals surface area contributed by atoms with Gasteiger partial charge in [0.05, 0.1) is 23.3 Å². The number of carboxylic acids is 1. The highest BCUT2D eigenvalue weighted by atomic mass is 32.2. The van der Waals surface area contributed by atoms with Gasteiger partial charge in [0, 0.05) is 7.05 Å². The monoisotopic (exact) mass is 382 g/mol. The molecule has 0 fully saturated rings. The zero-order valence-corrected chi connectivity index (χ0v) is 15.9. The average molecular weight is 382 g/mol. The second-order valence-electron chi connectivity index (χ2n) is 5.87. The molecule has 6 nitrogen and oxygen atoms in total. The number of amidine groups is 1. The van der Waals surface area contributed by atoms with E-state index >= 15 is 0 Å². The Hall–Kier alpha value is -3.06. The Kier molecular flexibility index (Phi) is 5.32. The molecule has 1 heterocycles. The molecule has 0 aromatic heterocycles. The lowest BCUT2D eigenvalue weighted by molar-refractivity contribution is -0.113. The maximum absolute atomic E-state index is 12.5. The average Bonchev–Trinajstić information content (AvgIpc) is 3.08. The molecule has 7 heteroatoms. The lowest BCUT2D eigenvalue weighted by atomic mass is 10.1. The molecule has 0 saturated carbocycles. The van der Waals surface area contributed by atoms with Gasteiger partial charge in [-0.05, 0) is 54.1 Å². The summed E-state index contributed by atoms with van der Waals surface area (Å²) in [5, 5.41) is 9.82. The molecule has 0 unspecified atom stereocenters.